The lowest BCUT2D eigenvalue weighted by molar-refractivity contribution is 0.249. The lowest BCUT2D eigenvalue weighted by Gasteiger charge is -2.33. The first-order valence-corrected chi connectivity index (χ1v) is 11.5. The van der Waals surface area contributed by atoms with Crippen LogP contribution in [-0.2, 0) is 0 Å². The molecule has 150 valence electrons. The Balaban J connectivity index is 1.70. The van der Waals surface area contributed by atoms with Crippen LogP contribution in [0.2, 0.25) is 0 Å². The Labute approximate surface area is 175 Å². The van der Waals surface area contributed by atoms with E-state index >= 15 is 0 Å². The number of anilines is 1. The van der Waals surface area contributed by atoms with Crippen molar-refractivity contribution < 1.29 is 0 Å². The van der Waals surface area contributed by atoms with Gasteiger partial charge in [0, 0.05) is 36.1 Å². The topological polar surface area (TPSA) is 6.48 Å². The number of hydrogen-bond acceptors (Lipinski definition) is 3. The van der Waals surface area contributed by atoms with Crippen LogP contribution in [0.4, 0.5) is 5.69 Å². The maximum atomic E-state index is 2.59. The van der Waals surface area contributed by atoms with Crippen molar-refractivity contribution in [2.45, 2.75) is 62.8 Å². The SMILES string of the molecule is CCCCN1C=CCC1C(CCC)c1ccc(N(C)Sc2ccccc2)cc1. The van der Waals surface area contributed by atoms with Crippen molar-refractivity contribution in [3.05, 3.63) is 72.4 Å². The second-order valence-electron chi connectivity index (χ2n) is 7.67. The molecule has 1 aliphatic rings. The number of rotatable bonds is 10. The van der Waals surface area contributed by atoms with Gasteiger partial charge in [-0.2, -0.15) is 0 Å². The summed E-state index contributed by atoms with van der Waals surface area (Å²) in [5, 5.41) is 0. The van der Waals surface area contributed by atoms with Gasteiger partial charge in [-0.15, -0.1) is 0 Å². The van der Waals surface area contributed by atoms with Crippen LogP contribution in [0.25, 0.3) is 0 Å². The summed E-state index contributed by atoms with van der Waals surface area (Å²) in [6.07, 6.45) is 10.9. The van der Waals surface area contributed by atoms with Gasteiger partial charge in [0.25, 0.3) is 0 Å². The van der Waals surface area contributed by atoms with E-state index in [9.17, 15) is 0 Å². The summed E-state index contributed by atoms with van der Waals surface area (Å²) in [4.78, 5) is 3.86. The van der Waals surface area contributed by atoms with E-state index in [-0.39, 0.29) is 0 Å². The number of unbranched alkanes of at least 4 members (excludes halogenated alkanes) is 1. The summed E-state index contributed by atoms with van der Waals surface area (Å²) in [6.45, 7) is 5.78. The first kappa shape index (κ1) is 20.9. The lowest BCUT2D eigenvalue weighted by atomic mass is 9.86. The Kier molecular flexibility index (Phi) is 7.90. The van der Waals surface area contributed by atoms with Crippen LogP contribution >= 0.6 is 11.9 Å². The maximum absolute atomic E-state index is 2.59. The van der Waals surface area contributed by atoms with Crippen LogP contribution in [0, 0.1) is 0 Å². The fourth-order valence-corrected chi connectivity index (χ4v) is 4.90. The summed E-state index contributed by atoms with van der Waals surface area (Å²) >= 11 is 1.77. The van der Waals surface area contributed by atoms with Crippen LogP contribution in [0.5, 0.6) is 0 Å². The first-order valence-electron chi connectivity index (χ1n) is 10.7. The van der Waals surface area contributed by atoms with Gasteiger partial charge in [-0.25, -0.2) is 0 Å². The van der Waals surface area contributed by atoms with Gasteiger partial charge in [0.15, 0.2) is 0 Å². The van der Waals surface area contributed by atoms with Crippen molar-refractivity contribution in [1.29, 1.82) is 0 Å². The summed E-state index contributed by atoms with van der Waals surface area (Å²) in [5.74, 6) is 0.609. The normalized spacial score (nSPS) is 17.1. The molecule has 28 heavy (non-hydrogen) atoms. The molecule has 0 bridgehead atoms. The molecule has 2 nitrogen and oxygen atoms in total. The molecule has 0 aliphatic carbocycles. The third-order valence-corrected chi connectivity index (χ3v) is 6.57. The van der Waals surface area contributed by atoms with E-state index in [1.807, 2.05) is 0 Å². The van der Waals surface area contributed by atoms with Gasteiger partial charge in [-0.1, -0.05) is 63.1 Å². The van der Waals surface area contributed by atoms with Gasteiger partial charge in [0.05, 0.1) is 0 Å². The average Bonchev–Trinajstić information content (AvgIpc) is 3.19. The Morgan fingerprint density at radius 2 is 1.79 bits per heavy atom. The minimum absolute atomic E-state index is 0.609. The van der Waals surface area contributed by atoms with Crippen molar-refractivity contribution in [3.63, 3.8) is 0 Å². The molecule has 0 aromatic heterocycles. The number of nitrogens with zero attached hydrogens (tertiary/aromatic N) is 2. The smallest absolute Gasteiger partial charge is 0.0470 e. The van der Waals surface area contributed by atoms with Crippen molar-refractivity contribution >= 4 is 17.6 Å². The molecule has 1 heterocycles. The van der Waals surface area contributed by atoms with Crippen molar-refractivity contribution in [2.75, 3.05) is 17.9 Å². The van der Waals surface area contributed by atoms with Gasteiger partial charge >= 0.3 is 0 Å². The van der Waals surface area contributed by atoms with E-state index in [2.05, 4.69) is 97.0 Å². The minimum Gasteiger partial charge on any atom is -0.374 e. The zero-order chi connectivity index (χ0) is 19.8. The Hall–Kier alpha value is -1.87. The van der Waals surface area contributed by atoms with Gasteiger partial charge in [-0.05, 0) is 67.2 Å². The first-order chi connectivity index (χ1) is 13.7. The molecule has 0 saturated heterocycles. The number of hydrogen-bond donors (Lipinski definition) is 0. The van der Waals surface area contributed by atoms with Crippen molar-refractivity contribution in [2.24, 2.45) is 0 Å². The highest BCUT2D eigenvalue weighted by Crippen LogP contribution is 2.35. The molecule has 2 aromatic carbocycles. The molecule has 2 unspecified atom stereocenters. The molecule has 0 radical (unpaired) electrons. The van der Waals surface area contributed by atoms with Gasteiger partial charge < -0.3 is 9.21 Å². The van der Waals surface area contributed by atoms with E-state index in [1.54, 1.807) is 11.9 Å². The lowest BCUT2D eigenvalue weighted by Crippen LogP contribution is -2.33. The highest BCUT2D eigenvalue weighted by Gasteiger charge is 2.28. The van der Waals surface area contributed by atoms with Gasteiger partial charge in [0.2, 0.25) is 0 Å². The summed E-state index contributed by atoms with van der Waals surface area (Å²) in [5.41, 5.74) is 2.74. The molecule has 0 saturated carbocycles. The standard InChI is InChI=1S/C25H34N2S/c1-4-6-19-27-20-10-14-25(27)24(11-5-2)21-15-17-22(18-16-21)26(3)28-23-12-8-7-9-13-23/h7-10,12-13,15-18,20,24-25H,4-6,11,14,19H2,1-3H3. The Morgan fingerprint density at radius 1 is 1.04 bits per heavy atom. The van der Waals surface area contributed by atoms with Crippen LogP contribution in [0.15, 0.2) is 71.8 Å². The monoisotopic (exact) mass is 394 g/mol. The molecule has 1 aliphatic heterocycles. The third kappa shape index (κ3) is 5.35. The molecular formula is C25H34N2S. The summed E-state index contributed by atoms with van der Waals surface area (Å²) in [6, 6.07) is 20.5. The highest BCUT2D eigenvalue weighted by molar-refractivity contribution is 8.00. The van der Waals surface area contributed by atoms with Gasteiger partial charge in [-0.3, -0.25) is 0 Å². The van der Waals surface area contributed by atoms with Gasteiger partial charge in [0.1, 0.15) is 0 Å². The largest absolute Gasteiger partial charge is 0.374 e. The minimum atomic E-state index is 0.609. The predicted molar refractivity (Wildman–Crippen MR) is 124 cm³/mol. The molecule has 2 atom stereocenters. The molecule has 3 rings (SSSR count). The predicted octanol–water partition coefficient (Wildman–Crippen LogP) is 7.10. The molecule has 3 heteroatoms. The van der Waals surface area contributed by atoms with E-state index in [1.165, 1.54) is 54.8 Å². The quantitative estimate of drug-likeness (QED) is 0.397. The third-order valence-electron chi connectivity index (χ3n) is 5.60. The molecule has 0 N–H and O–H groups in total. The number of benzene rings is 2. The second kappa shape index (κ2) is 10.6. The van der Waals surface area contributed by atoms with Crippen LogP contribution < -0.4 is 4.31 Å². The summed E-state index contributed by atoms with van der Waals surface area (Å²) < 4.78 is 2.25. The maximum Gasteiger partial charge on any atom is 0.0470 e. The molecule has 0 spiro atoms. The Morgan fingerprint density at radius 3 is 2.46 bits per heavy atom. The fourth-order valence-electron chi connectivity index (χ4n) is 4.07. The zero-order valence-corrected chi connectivity index (χ0v) is 18.4. The molecule has 0 fully saturated rings. The van der Waals surface area contributed by atoms with Crippen LogP contribution in [0.3, 0.4) is 0 Å². The van der Waals surface area contributed by atoms with Crippen LogP contribution in [0.1, 0.15) is 57.4 Å². The van der Waals surface area contributed by atoms with Crippen molar-refractivity contribution in [1.82, 2.24) is 4.90 Å². The van der Waals surface area contributed by atoms with Crippen LogP contribution in [-0.4, -0.2) is 24.5 Å². The molecular weight excluding hydrogens is 360 g/mol. The van der Waals surface area contributed by atoms with E-state index < -0.39 is 0 Å². The zero-order valence-electron chi connectivity index (χ0n) is 17.6. The molecule has 0 amide bonds. The molecule has 2 aromatic rings. The average molecular weight is 395 g/mol. The van der Waals surface area contributed by atoms with Crippen molar-refractivity contribution in [3.8, 4) is 0 Å². The fraction of sp³-hybridized carbons (Fsp3) is 0.440. The summed E-state index contributed by atoms with van der Waals surface area (Å²) in [7, 11) is 2.14. The highest BCUT2D eigenvalue weighted by atomic mass is 32.2. The Bertz CT molecular complexity index is 726. The van der Waals surface area contributed by atoms with E-state index in [0.29, 0.717) is 12.0 Å². The van der Waals surface area contributed by atoms with E-state index in [0.717, 1.165) is 0 Å². The second-order valence-corrected chi connectivity index (χ2v) is 8.87. The van der Waals surface area contributed by atoms with E-state index in [4.69, 9.17) is 0 Å².